The monoisotopic (exact) mass is 290 g/mol. The lowest BCUT2D eigenvalue weighted by molar-refractivity contribution is -0.123. The molecule has 0 atom stereocenters. The minimum atomic E-state index is -0.0577. The Kier molecular flexibility index (Phi) is 6.54. The number of nitrogens with two attached hydrogens (primary N) is 1. The zero-order valence-electron chi connectivity index (χ0n) is 12.6. The second-order valence-corrected chi connectivity index (χ2v) is 5.74. The molecule has 0 saturated heterocycles. The van der Waals surface area contributed by atoms with E-state index in [4.69, 9.17) is 10.5 Å². The van der Waals surface area contributed by atoms with Crippen molar-refractivity contribution in [3.8, 4) is 5.75 Å². The quantitative estimate of drug-likeness (QED) is 0.811. The molecule has 1 amide bonds. The van der Waals surface area contributed by atoms with Crippen LogP contribution in [-0.4, -0.2) is 19.1 Å². The first-order chi connectivity index (χ1) is 10.3. The van der Waals surface area contributed by atoms with E-state index in [-0.39, 0.29) is 12.5 Å². The van der Waals surface area contributed by atoms with E-state index in [0.29, 0.717) is 12.3 Å². The molecule has 3 N–H and O–H groups in total. The minimum absolute atomic E-state index is 0.0572. The van der Waals surface area contributed by atoms with Gasteiger partial charge in [0, 0.05) is 18.7 Å². The molecule has 1 saturated carbocycles. The zero-order chi connectivity index (χ0) is 14.9. The Bertz CT molecular complexity index is 442. The van der Waals surface area contributed by atoms with Gasteiger partial charge in [-0.05, 0) is 18.4 Å². The van der Waals surface area contributed by atoms with Crippen molar-refractivity contribution < 1.29 is 9.53 Å². The summed E-state index contributed by atoms with van der Waals surface area (Å²) in [4.78, 5) is 11.8. The van der Waals surface area contributed by atoms with Gasteiger partial charge in [-0.15, -0.1) is 0 Å². The minimum Gasteiger partial charge on any atom is -0.483 e. The average molecular weight is 290 g/mol. The Morgan fingerprint density at radius 3 is 2.76 bits per heavy atom. The molecule has 116 valence electrons. The lowest BCUT2D eigenvalue weighted by Gasteiger charge is -2.21. The van der Waals surface area contributed by atoms with Crippen LogP contribution in [0.2, 0.25) is 0 Å². The molecular formula is C17H26N2O2. The van der Waals surface area contributed by atoms with Crippen LogP contribution in [0.3, 0.4) is 0 Å². The first-order valence-corrected chi connectivity index (χ1v) is 7.97. The topological polar surface area (TPSA) is 64.3 Å². The highest BCUT2D eigenvalue weighted by Gasteiger charge is 2.13. The number of carbonyl (C=O) groups is 1. The van der Waals surface area contributed by atoms with Gasteiger partial charge in [-0.2, -0.15) is 0 Å². The van der Waals surface area contributed by atoms with Crippen molar-refractivity contribution in [3.63, 3.8) is 0 Å². The van der Waals surface area contributed by atoms with Crippen molar-refractivity contribution in [1.82, 2.24) is 5.32 Å². The zero-order valence-corrected chi connectivity index (χ0v) is 12.6. The Balaban J connectivity index is 1.65. The molecule has 0 spiro atoms. The van der Waals surface area contributed by atoms with Crippen LogP contribution >= 0.6 is 0 Å². The van der Waals surface area contributed by atoms with Crippen molar-refractivity contribution in [2.24, 2.45) is 11.7 Å². The highest BCUT2D eigenvalue weighted by Crippen LogP contribution is 2.25. The maximum atomic E-state index is 11.8. The van der Waals surface area contributed by atoms with E-state index in [1.54, 1.807) is 0 Å². The van der Waals surface area contributed by atoms with Gasteiger partial charge in [-0.3, -0.25) is 4.79 Å². The van der Waals surface area contributed by atoms with E-state index >= 15 is 0 Å². The highest BCUT2D eigenvalue weighted by molar-refractivity contribution is 5.77. The molecule has 1 aliphatic rings. The number of ether oxygens (including phenoxy) is 1. The molecule has 0 bridgehead atoms. The first kappa shape index (κ1) is 15.8. The van der Waals surface area contributed by atoms with Crippen LogP contribution in [0.25, 0.3) is 0 Å². The summed E-state index contributed by atoms with van der Waals surface area (Å²) in [5.74, 6) is 1.43. The van der Waals surface area contributed by atoms with Crippen LogP contribution in [0.4, 0.5) is 0 Å². The molecule has 0 radical (unpaired) electrons. The number of benzene rings is 1. The number of para-hydroxylation sites is 1. The van der Waals surface area contributed by atoms with Crippen LogP contribution < -0.4 is 15.8 Å². The summed E-state index contributed by atoms with van der Waals surface area (Å²) in [6.07, 6.45) is 7.78. The summed E-state index contributed by atoms with van der Waals surface area (Å²) in [5, 5.41) is 2.94. The smallest absolute Gasteiger partial charge is 0.257 e. The van der Waals surface area contributed by atoms with Gasteiger partial charge in [-0.1, -0.05) is 50.3 Å². The van der Waals surface area contributed by atoms with Crippen LogP contribution in [0.5, 0.6) is 5.75 Å². The number of hydrogen-bond donors (Lipinski definition) is 2. The average Bonchev–Trinajstić information content (AvgIpc) is 2.54. The molecule has 1 aromatic rings. The molecular weight excluding hydrogens is 264 g/mol. The number of hydrogen-bond acceptors (Lipinski definition) is 3. The molecule has 4 heteroatoms. The van der Waals surface area contributed by atoms with Crippen LogP contribution in [-0.2, 0) is 11.3 Å². The highest BCUT2D eigenvalue weighted by atomic mass is 16.5. The van der Waals surface area contributed by atoms with E-state index in [9.17, 15) is 4.79 Å². The fourth-order valence-electron chi connectivity index (χ4n) is 2.90. The molecule has 1 aliphatic carbocycles. The summed E-state index contributed by atoms with van der Waals surface area (Å²) >= 11 is 0. The van der Waals surface area contributed by atoms with Gasteiger partial charge in [-0.25, -0.2) is 0 Å². The maximum Gasteiger partial charge on any atom is 0.257 e. The molecule has 1 fully saturated rings. The Morgan fingerprint density at radius 2 is 2.00 bits per heavy atom. The van der Waals surface area contributed by atoms with Crippen molar-refractivity contribution in [3.05, 3.63) is 29.8 Å². The van der Waals surface area contributed by atoms with E-state index < -0.39 is 0 Å². The van der Waals surface area contributed by atoms with Crippen molar-refractivity contribution in [1.29, 1.82) is 0 Å². The third kappa shape index (κ3) is 5.38. The lowest BCUT2D eigenvalue weighted by atomic mass is 9.87. The van der Waals surface area contributed by atoms with E-state index in [1.807, 2.05) is 24.3 Å². The van der Waals surface area contributed by atoms with Crippen LogP contribution in [0.15, 0.2) is 24.3 Å². The third-order valence-electron chi connectivity index (χ3n) is 4.15. The molecule has 4 nitrogen and oxygen atoms in total. The predicted octanol–water partition coefficient (Wildman–Crippen LogP) is 2.61. The lowest BCUT2D eigenvalue weighted by Crippen LogP contribution is -2.31. The number of rotatable bonds is 7. The Labute approximate surface area is 127 Å². The van der Waals surface area contributed by atoms with Gasteiger partial charge in [0.15, 0.2) is 6.61 Å². The normalized spacial score (nSPS) is 15.7. The maximum absolute atomic E-state index is 11.8. The molecule has 2 rings (SSSR count). The van der Waals surface area contributed by atoms with Gasteiger partial charge >= 0.3 is 0 Å². The molecule has 0 heterocycles. The Morgan fingerprint density at radius 1 is 1.24 bits per heavy atom. The van der Waals surface area contributed by atoms with Gasteiger partial charge in [0.2, 0.25) is 0 Å². The summed E-state index contributed by atoms with van der Waals surface area (Å²) in [6, 6.07) is 7.56. The van der Waals surface area contributed by atoms with Crippen LogP contribution in [0, 0.1) is 5.92 Å². The molecule has 0 aromatic heterocycles. The van der Waals surface area contributed by atoms with Gasteiger partial charge in [0.25, 0.3) is 5.91 Å². The fraction of sp³-hybridized carbons (Fsp3) is 0.588. The van der Waals surface area contributed by atoms with Gasteiger partial charge in [0.1, 0.15) is 5.75 Å². The van der Waals surface area contributed by atoms with Gasteiger partial charge in [0.05, 0.1) is 0 Å². The number of carbonyl (C=O) groups excluding carboxylic acids is 1. The van der Waals surface area contributed by atoms with Gasteiger partial charge < -0.3 is 15.8 Å². The van der Waals surface area contributed by atoms with Crippen molar-refractivity contribution in [2.45, 2.75) is 45.1 Å². The van der Waals surface area contributed by atoms with E-state index in [0.717, 1.165) is 24.4 Å². The number of nitrogens with one attached hydrogen (secondary N) is 1. The molecule has 1 aromatic carbocycles. The number of amides is 1. The fourth-order valence-corrected chi connectivity index (χ4v) is 2.90. The third-order valence-corrected chi connectivity index (χ3v) is 4.15. The first-order valence-electron chi connectivity index (χ1n) is 7.97. The summed E-state index contributed by atoms with van der Waals surface area (Å²) in [7, 11) is 0. The predicted molar refractivity (Wildman–Crippen MR) is 84.0 cm³/mol. The molecule has 21 heavy (non-hydrogen) atoms. The standard InChI is InChI=1S/C17H26N2O2/c18-12-15-8-4-5-9-16(15)21-13-17(20)19-11-10-14-6-2-1-3-7-14/h4-5,8-9,14H,1-3,6-7,10-13,18H2,(H,19,20). The summed E-state index contributed by atoms with van der Waals surface area (Å²) < 4.78 is 5.54. The molecule has 0 unspecified atom stereocenters. The molecule has 0 aliphatic heterocycles. The van der Waals surface area contributed by atoms with E-state index in [1.165, 1.54) is 32.1 Å². The summed E-state index contributed by atoms with van der Waals surface area (Å²) in [5.41, 5.74) is 6.56. The van der Waals surface area contributed by atoms with Crippen molar-refractivity contribution >= 4 is 5.91 Å². The second kappa shape index (κ2) is 8.67. The van der Waals surface area contributed by atoms with E-state index in [2.05, 4.69) is 5.32 Å². The Hall–Kier alpha value is -1.55. The van der Waals surface area contributed by atoms with Crippen LogP contribution in [0.1, 0.15) is 44.1 Å². The largest absolute Gasteiger partial charge is 0.483 e. The second-order valence-electron chi connectivity index (χ2n) is 5.74. The summed E-state index contributed by atoms with van der Waals surface area (Å²) in [6.45, 7) is 1.23. The van der Waals surface area contributed by atoms with Crippen molar-refractivity contribution in [2.75, 3.05) is 13.2 Å². The SMILES string of the molecule is NCc1ccccc1OCC(=O)NCCC1CCCCC1.